The molecule has 0 aromatic heterocycles. The van der Waals surface area contributed by atoms with Crippen molar-refractivity contribution in [1.82, 2.24) is 10.7 Å². The minimum absolute atomic E-state index is 0.205. The lowest BCUT2D eigenvalue weighted by Gasteiger charge is -2.04. The maximum absolute atomic E-state index is 11.7. The Labute approximate surface area is 153 Å². The van der Waals surface area contributed by atoms with E-state index in [1.165, 1.54) is 6.21 Å². The van der Waals surface area contributed by atoms with Crippen LogP contribution in [0, 0.1) is 0 Å². The smallest absolute Gasteiger partial charge is 0.329 e. The first-order valence-corrected chi connectivity index (χ1v) is 7.90. The summed E-state index contributed by atoms with van der Waals surface area (Å²) in [6.45, 7) is 0.205. The molecule has 0 saturated heterocycles. The molecule has 2 N–H and O–H groups in total. The van der Waals surface area contributed by atoms with Crippen LogP contribution in [0.15, 0.2) is 47.6 Å². The number of amides is 2. The Hall–Kier alpha value is -2.08. The predicted octanol–water partition coefficient (Wildman–Crippen LogP) is 3.41. The quantitative estimate of drug-likeness (QED) is 0.482. The summed E-state index contributed by atoms with van der Waals surface area (Å²) in [6.07, 6.45) is 1.32. The summed E-state index contributed by atoms with van der Waals surface area (Å²) in [7, 11) is 0. The fraction of sp³-hybridized carbons (Fsp3) is 0.0625. The molecule has 8 heteroatoms. The van der Waals surface area contributed by atoms with Crippen LogP contribution in [0.2, 0.25) is 15.1 Å². The lowest BCUT2D eigenvalue weighted by atomic mass is 10.2. The molecular formula is C16H12Cl3N3O2. The number of benzene rings is 2. The van der Waals surface area contributed by atoms with E-state index < -0.39 is 11.8 Å². The van der Waals surface area contributed by atoms with Gasteiger partial charge in [0.15, 0.2) is 0 Å². The summed E-state index contributed by atoms with van der Waals surface area (Å²) in [6, 6.07) is 11.7. The first-order valence-electron chi connectivity index (χ1n) is 6.76. The Morgan fingerprint density at radius 2 is 1.62 bits per heavy atom. The molecule has 2 aromatic rings. The highest BCUT2D eigenvalue weighted by atomic mass is 35.5. The van der Waals surface area contributed by atoms with Gasteiger partial charge in [0, 0.05) is 22.2 Å². The minimum Gasteiger partial charge on any atom is -0.344 e. The van der Waals surface area contributed by atoms with Gasteiger partial charge >= 0.3 is 11.8 Å². The van der Waals surface area contributed by atoms with Crippen molar-refractivity contribution in [3.05, 3.63) is 68.7 Å². The first kappa shape index (κ1) is 18.3. The van der Waals surface area contributed by atoms with Gasteiger partial charge in [-0.3, -0.25) is 9.59 Å². The third-order valence-corrected chi connectivity index (χ3v) is 3.72. The van der Waals surface area contributed by atoms with Crippen LogP contribution in [0.1, 0.15) is 11.1 Å². The Balaban J connectivity index is 1.84. The van der Waals surface area contributed by atoms with Gasteiger partial charge < -0.3 is 5.32 Å². The largest absolute Gasteiger partial charge is 0.344 e. The molecule has 0 atom stereocenters. The molecule has 2 rings (SSSR count). The van der Waals surface area contributed by atoms with E-state index in [9.17, 15) is 9.59 Å². The summed E-state index contributed by atoms with van der Waals surface area (Å²) < 4.78 is 0. The van der Waals surface area contributed by atoms with Gasteiger partial charge in [0.25, 0.3) is 0 Å². The maximum atomic E-state index is 11.7. The van der Waals surface area contributed by atoms with E-state index >= 15 is 0 Å². The van der Waals surface area contributed by atoms with Gasteiger partial charge in [-0.05, 0) is 29.8 Å². The number of nitrogens with zero attached hydrogens (tertiary/aromatic N) is 1. The van der Waals surface area contributed by atoms with Crippen molar-refractivity contribution in [2.45, 2.75) is 6.54 Å². The zero-order chi connectivity index (χ0) is 17.5. The lowest BCUT2D eigenvalue weighted by molar-refractivity contribution is -0.139. The topological polar surface area (TPSA) is 70.6 Å². The SMILES string of the molecule is O=C(NCc1ccc(Cl)cc1)C(=O)N/N=C\c1ccc(Cl)cc1Cl. The van der Waals surface area contributed by atoms with Crippen LogP contribution in [-0.2, 0) is 16.1 Å². The Bertz CT molecular complexity index is 777. The molecule has 5 nitrogen and oxygen atoms in total. The van der Waals surface area contributed by atoms with Crippen LogP contribution >= 0.6 is 34.8 Å². The number of hydrogen-bond donors (Lipinski definition) is 2. The van der Waals surface area contributed by atoms with E-state index in [-0.39, 0.29) is 6.54 Å². The third kappa shape index (κ3) is 5.53. The molecule has 2 amide bonds. The lowest BCUT2D eigenvalue weighted by Crippen LogP contribution is -2.37. The van der Waals surface area contributed by atoms with Gasteiger partial charge in [0.05, 0.1) is 11.2 Å². The number of carbonyl (C=O) groups excluding carboxylic acids is 2. The molecule has 24 heavy (non-hydrogen) atoms. The summed E-state index contributed by atoms with van der Waals surface area (Å²) in [5.41, 5.74) is 3.50. The molecule has 0 radical (unpaired) electrons. The minimum atomic E-state index is -0.884. The van der Waals surface area contributed by atoms with E-state index in [4.69, 9.17) is 34.8 Å². The van der Waals surface area contributed by atoms with Crippen molar-refractivity contribution in [2.24, 2.45) is 5.10 Å². The number of carbonyl (C=O) groups is 2. The summed E-state index contributed by atoms with van der Waals surface area (Å²) in [5.74, 6) is -1.69. The number of nitrogens with one attached hydrogen (secondary N) is 2. The van der Waals surface area contributed by atoms with Crippen LogP contribution < -0.4 is 10.7 Å². The fourth-order valence-corrected chi connectivity index (χ4v) is 2.27. The van der Waals surface area contributed by atoms with Crippen LogP contribution in [0.3, 0.4) is 0 Å². The number of halogens is 3. The summed E-state index contributed by atoms with van der Waals surface area (Å²) >= 11 is 17.5. The number of hydrogen-bond acceptors (Lipinski definition) is 3. The van der Waals surface area contributed by atoms with Gasteiger partial charge in [-0.2, -0.15) is 5.10 Å². The molecule has 0 aliphatic heterocycles. The highest BCUT2D eigenvalue weighted by molar-refractivity contribution is 6.36. The molecular weight excluding hydrogens is 373 g/mol. The van der Waals surface area contributed by atoms with Crippen molar-refractivity contribution in [1.29, 1.82) is 0 Å². The standard InChI is InChI=1S/C16H12Cl3N3O2/c17-12-4-1-10(2-5-12)8-20-15(23)16(24)22-21-9-11-3-6-13(18)7-14(11)19/h1-7,9H,8H2,(H,20,23)(H,22,24)/b21-9-. The monoisotopic (exact) mass is 383 g/mol. The average molecular weight is 385 g/mol. The van der Waals surface area contributed by atoms with Crippen LogP contribution in [-0.4, -0.2) is 18.0 Å². The van der Waals surface area contributed by atoms with E-state index in [0.717, 1.165) is 5.56 Å². The summed E-state index contributed by atoms with van der Waals surface area (Å²) in [4.78, 5) is 23.3. The Morgan fingerprint density at radius 3 is 2.29 bits per heavy atom. The Morgan fingerprint density at radius 1 is 0.958 bits per heavy atom. The maximum Gasteiger partial charge on any atom is 0.329 e. The molecule has 0 aliphatic rings. The second-order valence-corrected chi connectivity index (χ2v) is 5.95. The van der Waals surface area contributed by atoms with Gasteiger partial charge in [0.1, 0.15) is 0 Å². The molecule has 0 saturated carbocycles. The highest BCUT2D eigenvalue weighted by Gasteiger charge is 2.11. The van der Waals surface area contributed by atoms with Gasteiger partial charge in [-0.15, -0.1) is 0 Å². The molecule has 0 bridgehead atoms. The van der Waals surface area contributed by atoms with Gasteiger partial charge in [-0.1, -0.05) is 53.0 Å². The second-order valence-electron chi connectivity index (χ2n) is 4.67. The molecule has 2 aromatic carbocycles. The zero-order valence-electron chi connectivity index (χ0n) is 12.2. The van der Waals surface area contributed by atoms with Crippen molar-refractivity contribution < 1.29 is 9.59 Å². The molecule has 124 valence electrons. The average Bonchev–Trinajstić information content (AvgIpc) is 2.56. The second kappa shape index (κ2) is 8.68. The van der Waals surface area contributed by atoms with E-state index in [0.29, 0.717) is 20.6 Å². The van der Waals surface area contributed by atoms with Crippen molar-refractivity contribution >= 4 is 52.8 Å². The molecule has 0 aliphatic carbocycles. The van der Waals surface area contributed by atoms with E-state index in [1.807, 2.05) is 0 Å². The number of hydrazone groups is 1. The normalized spacial score (nSPS) is 10.6. The molecule has 0 spiro atoms. The zero-order valence-corrected chi connectivity index (χ0v) is 14.5. The first-order chi connectivity index (χ1) is 11.5. The van der Waals surface area contributed by atoms with Crippen LogP contribution in [0.5, 0.6) is 0 Å². The fourth-order valence-electron chi connectivity index (χ4n) is 1.68. The van der Waals surface area contributed by atoms with Crippen molar-refractivity contribution in [3.63, 3.8) is 0 Å². The molecule has 0 fully saturated rings. The molecule has 0 unspecified atom stereocenters. The Kier molecular flexibility index (Phi) is 6.61. The van der Waals surface area contributed by atoms with E-state index in [1.54, 1.807) is 42.5 Å². The van der Waals surface area contributed by atoms with Crippen molar-refractivity contribution in [2.75, 3.05) is 0 Å². The van der Waals surface area contributed by atoms with Crippen LogP contribution in [0.25, 0.3) is 0 Å². The third-order valence-electron chi connectivity index (χ3n) is 2.90. The predicted molar refractivity (Wildman–Crippen MR) is 95.5 cm³/mol. The van der Waals surface area contributed by atoms with Crippen LogP contribution in [0.4, 0.5) is 0 Å². The highest BCUT2D eigenvalue weighted by Crippen LogP contribution is 2.19. The molecule has 0 heterocycles. The van der Waals surface area contributed by atoms with Gasteiger partial charge in [0.2, 0.25) is 0 Å². The summed E-state index contributed by atoms with van der Waals surface area (Å²) in [5, 5.41) is 7.63. The van der Waals surface area contributed by atoms with Gasteiger partial charge in [-0.25, -0.2) is 5.43 Å². The number of rotatable bonds is 4. The van der Waals surface area contributed by atoms with Crippen molar-refractivity contribution in [3.8, 4) is 0 Å². The van der Waals surface area contributed by atoms with E-state index in [2.05, 4.69) is 15.8 Å².